The minimum absolute atomic E-state index is 0. The van der Waals surface area contributed by atoms with E-state index in [1.165, 1.54) is 0 Å². The first-order valence-corrected chi connectivity index (χ1v) is 4.14. The van der Waals surface area contributed by atoms with Crippen LogP contribution in [0.1, 0.15) is 11.6 Å². The molecule has 0 amide bonds. The van der Waals surface area contributed by atoms with Gasteiger partial charge in [-0.25, -0.2) is 8.78 Å². The summed E-state index contributed by atoms with van der Waals surface area (Å²) < 4.78 is 25.9. The van der Waals surface area contributed by atoms with Gasteiger partial charge in [-0.3, -0.25) is 0 Å². The van der Waals surface area contributed by atoms with E-state index in [1.54, 1.807) is 0 Å². The van der Waals surface area contributed by atoms with E-state index in [0.29, 0.717) is 0 Å². The van der Waals surface area contributed by atoms with Crippen LogP contribution >= 0.6 is 12.4 Å². The minimum Gasteiger partial charge on any atom is -0.504 e. The van der Waals surface area contributed by atoms with Crippen LogP contribution in [-0.4, -0.2) is 27.8 Å². The van der Waals surface area contributed by atoms with Crippen LogP contribution in [0.25, 0.3) is 0 Å². The largest absolute Gasteiger partial charge is 0.504 e. The van der Waals surface area contributed by atoms with E-state index >= 15 is 0 Å². The van der Waals surface area contributed by atoms with E-state index < -0.39 is 30.1 Å². The molecule has 1 aromatic carbocycles. The van der Waals surface area contributed by atoms with Crippen LogP contribution in [0.3, 0.4) is 0 Å². The second-order valence-corrected chi connectivity index (χ2v) is 3.14. The topological polar surface area (TPSA) is 86.7 Å². The molecule has 0 bridgehead atoms. The van der Waals surface area contributed by atoms with Crippen molar-refractivity contribution in [1.82, 2.24) is 0 Å². The Hall–Kier alpha value is -1.11. The van der Waals surface area contributed by atoms with Crippen LogP contribution in [0.4, 0.5) is 8.78 Å². The lowest BCUT2D eigenvalue weighted by Crippen LogP contribution is -2.36. The number of phenolic OH excluding ortho intramolecular Hbond substituents is 2. The quantitative estimate of drug-likeness (QED) is 0.610. The van der Waals surface area contributed by atoms with Crippen LogP contribution in [0.2, 0.25) is 0 Å². The highest BCUT2D eigenvalue weighted by Crippen LogP contribution is 2.33. The molecule has 16 heavy (non-hydrogen) atoms. The van der Waals surface area contributed by atoms with Gasteiger partial charge in [-0.05, 0) is 17.7 Å². The van der Waals surface area contributed by atoms with E-state index in [4.69, 9.17) is 21.1 Å². The lowest BCUT2D eigenvalue weighted by atomic mass is 10.0. The summed E-state index contributed by atoms with van der Waals surface area (Å²) in [5.41, 5.74) is 5.13. The van der Waals surface area contributed by atoms with E-state index in [1.807, 2.05) is 0 Å². The monoisotopic (exact) mass is 255 g/mol. The van der Waals surface area contributed by atoms with Crippen molar-refractivity contribution in [3.8, 4) is 11.5 Å². The van der Waals surface area contributed by atoms with Gasteiger partial charge < -0.3 is 21.1 Å². The van der Waals surface area contributed by atoms with Gasteiger partial charge in [-0.2, -0.15) is 0 Å². The molecule has 0 aromatic heterocycles. The van der Waals surface area contributed by atoms with Gasteiger partial charge in [-0.15, -0.1) is 12.4 Å². The van der Waals surface area contributed by atoms with Crippen molar-refractivity contribution < 1.29 is 24.1 Å². The minimum atomic E-state index is -3.47. The molecule has 1 atom stereocenters. The van der Waals surface area contributed by atoms with E-state index in [0.717, 1.165) is 18.2 Å². The number of hydrogen-bond donors (Lipinski definition) is 4. The third-order valence-electron chi connectivity index (χ3n) is 2.02. The number of rotatable bonds is 3. The van der Waals surface area contributed by atoms with Gasteiger partial charge in [0.05, 0.1) is 6.04 Å². The molecular formula is C9H12ClF2NO3. The molecule has 1 aromatic rings. The molecule has 0 fully saturated rings. The van der Waals surface area contributed by atoms with Gasteiger partial charge in [0, 0.05) is 0 Å². The SMILES string of the molecule is Cl.N[C@@H](c1ccc(O)c(O)c1)C(F)(F)CO. The zero-order chi connectivity index (χ0) is 11.6. The van der Waals surface area contributed by atoms with Gasteiger partial charge >= 0.3 is 0 Å². The van der Waals surface area contributed by atoms with Crippen molar-refractivity contribution >= 4 is 12.4 Å². The van der Waals surface area contributed by atoms with Crippen molar-refractivity contribution in [1.29, 1.82) is 0 Å². The summed E-state index contributed by atoms with van der Waals surface area (Å²) in [4.78, 5) is 0. The van der Waals surface area contributed by atoms with Crippen molar-refractivity contribution in [3.05, 3.63) is 23.8 Å². The fraction of sp³-hybridized carbons (Fsp3) is 0.333. The molecule has 7 heteroatoms. The third kappa shape index (κ3) is 2.94. The average Bonchev–Trinajstić information content (AvgIpc) is 2.21. The van der Waals surface area contributed by atoms with Crippen molar-refractivity contribution in [2.45, 2.75) is 12.0 Å². The standard InChI is InChI=1S/C9H11F2NO3.ClH/c10-9(11,4-13)8(12)5-1-2-6(14)7(15)3-5;/h1-3,8,13-15H,4,12H2;1H/t8-;/m0./s1. The molecule has 0 aliphatic rings. The van der Waals surface area contributed by atoms with Crippen LogP contribution in [0, 0.1) is 0 Å². The van der Waals surface area contributed by atoms with Crippen molar-refractivity contribution in [2.24, 2.45) is 5.73 Å². The lowest BCUT2D eigenvalue weighted by Gasteiger charge is -2.21. The maximum Gasteiger partial charge on any atom is 0.289 e. The highest BCUT2D eigenvalue weighted by Gasteiger charge is 2.37. The molecule has 0 saturated heterocycles. The smallest absolute Gasteiger partial charge is 0.289 e. The van der Waals surface area contributed by atoms with Crippen molar-refractivity contribution in [3.63, 3.8) is 0 Å². The number of hydrogen-bond acceptors (Lipinski definition) is 4. The maximum absolute atomic E-state index is 12.9. The number of aliphatic hydroxyl groups is 1. The predicted octanol–water partition coefficient (Wildman–Crippen LogP) is 1.15. The molecule has 0 aliphatic heterocycles. The molecule has 0 heterocycles. The predicted molar refractivity (Wildman–Crippen MR) is 56.0 cm³/mol. The zero-order valence-electron chi connectivity index (χ0n) is 8.10. The number of aliphatic hydroxyl groups excluding tert-OH is 1. The third-order valence-corrected chi connectivity index (χ3v) is 2.02. The molecular weight excluding hydrogens is 244 g/mol. The Bertz CT molecular complexity index is 363. The fourth-order valence-corrected chi connectivity index (χ4v) is 1.08. The molecule has 0 unspecified atom stereocenters. The van der Waals surface area contributed by atoms with Gasteiger partial charge in [0.25, 0.3) is 5.92 Å². The Labute approximate surface area is 96.7 Å². The first kappa shape index (κ1) is 14.9. The normalized spacial score (nSPS) is 13.0. The summed E-state index contributed by atoms with van der Waals surface area (Å²) in [5.74, 6) is -4.42. The number of benzene rings is 1. The highest BCUT2D eigenvalue weighted by molar-refractivity contribution is 5.85. The molecule has 92 valence electrons. The van der Waals surface area contributed by atoms with Crippen LogP contribution in [-0.2, 0) is 0 Å². The lowest BCUT2D eigenvalue weighted by molar-refractivity contribution is -0.0712. The number of aromatic hydroxyl groups is 2. The summed E-state index contributed by atoms with van der Waals surface area (Å²) in [7, 11) is 0. The number of phenols is 2. The average molecular weight is 256 g/mol. The Morgan fingerprint density at radius 2 is 1.81 bits per heavy atom. The molecule has 5 N–H and O–H groups in total. The second kappa shape index (κ2) is 5.29. The van der Waals surface area contributed by atoms with Gasteiger partial charge in [0.1, 0.15) is 6.61 Å². The summed E-state index contributed by atoms with van der Waals surface area (Å²) in [5, 5.41) is 26.4. The molecule has 0 radical (unpaired) electrons. The maximum atomic E-state index is 12.9. The van der Waals surface area contributed by atoms with E-state index in [-0.39, 0.29) is 18.0 Å². The van der Waals surface area contributed by atoms with Gasteiger partial charge in [0.15, 0.2) is 11.5 Å². The zero-order valence-corrected chi connectivity index (χ0v) is 8.92. The fourth-order valence-electron chi connectivity index (χ4n) is 1.08. The summed E-state index contributed by atoms with van der Waals surface area (Å²) in [6.07, 6.45) is 0. The Kier molecular flexibility index (Phi) is 4.92. The number of halogens is 3. The Morgan fingerprint density at radius 1 is 1.25 bits per heavy atom. The first-order chi connectivity index (χ1) is 6.88. The van der Waals surface area contributed by atoms with Crippen LogP contribution in [0.15, 0.2) is 18.2 Å². The van der Waals surface area contributed by atoms with Gasteiger partial charge in [0.2, 0.25) is 0 Å². The van der Waals surface area contributed by atoms with Crippen LogP contribution < -0.4 is 5.73 Å². The molecule has 1 rings (SSSR count). The van der Waals surface area contributed by atoms with Crippen molar-refractivity contribution in [2.75, 3.05) is 6.61 Å². The Morgan fingerprint density at radius 3 is 2.25 bits per heavy atom. The second-order valence-electron chi connectivity index (χ2n) is 3.14. The summed E-state index contributed by atoms with van der Waals surface area (Å²) >= 11 is 0. The summed E-state index contributed by atoms with van der Waals surface area (Å²) in [6, 6.07) is 1.42. The van der Waals surface area contributed by atoms with E-state index in [2.05, 4.69) is 0 Å². The highest BCUT2D eigenvalue weighted by atomic mass is 35.5. The molecule has 0 aliphatic carbocycles. The van der Waals surface area contributed by atoms with Gasteiger partial charge in [-0.1, -0.05) is 6.07 Å². The number of alkyl halides is 2. The molecule has 4 nitrogen and oxygen atoms in total. The Balaban J connectivity index is 0.00000225. The summed E-state index contributed by atoms with van der Waals surface area (Å²) in [6.45, 7) is -1.38. The van der Waals surface area contributed by atoms with Crippen LogP contribution in [0.5, 0.6) is 11.5 Å². The van der Waals surface area contributed by atoms with E-state index in [9.17, 15) is 8.78 Å². The number of nitrogens with two attached hydrogens (primary N) is 1. The molecule has 0 saturated carbocycles. The first-order valence-electron chi connectivity index (χ1n) is 4.14. The molecule has 0 spiro atoms.